The molecule has 0 radical (unpaired) electrons. The van der Waals surface area contributed by atoms with E-state index in [1.54, 1.807) is 6.20 Å². The predicted molar refractivity (Wildman–Crippen MR) is 45.3 cm³/mol. The lowest BCUT2D eigenvalue weighted by molar-refractivity contribution is 0.574. The minimum absolute atomic E-state index is 0.973. The third-order valence-corrected chi connectivity index (χ3v) is 1.67. The molecule has 0 aromatic carbocycles. The highest BCUT2D eigenvalue weighted by Crippen LogP contribution is 1.94. The van der Waals surface area contributed by atoms with E-state index in [-0.39, 0.29) is 0 Å². The molecular weight excluding hydrogens is 144 g/mol. The van der Waals surface area contributed by atoms with E-state index in [0.717, 1.165) is 12.3 Å². The number of rotatable bonds is 4. The van der Waals surface area contributed by atoms with Crippen LogP contribution in [0.4, 0.5) is 0 Å². The van der Waals surface area contributed by atoms with Crippen molar-refractivity contribution in [2.24, 2.45) is 0 Å². The average molecular weight is 156 g/mol. The Morgan fingerprint density at radius 3 is 2.90 bits per heavy atom. The van der Waals surface area contributed by atoms with Gasteiger partial charge in [0.05, 0.1) is 0 Å². The van der Waals surface area contributed by atoms with Gasteiger partial charge >= 0.3 is 0 Å². The van der Waals surface area contributed by atoms with E-state index >= 15 is 0 Å². The number of aryl methyl sites for hydroxylation is 1. The monoisotopic (exact) mass is 156 g/mol. The Morgan fingerprint density at radius 1 is 1.40 bits per heavy atom. The maximum atomic E-state index is 4.12. The van der Waals surface area contributed by atoms with Crippen LogP contribution >= 0.6 is 12.6 Å². The van der Waals surface area contributed by atoms with Gasteiger partial charge < -0.3 is 0 Å². The average Bonchev–Trinajstić information content (AvgIpc) is 2.41. The van der Waals surface area contributed by atoms with Gasteiger partial charge in [-0.1, -0.05) is 0 Å². The van der Waals surface area contributed by atoms with E-state index in [1.165, 1.54) is 12.8 Å². The second kappa shape index (κ2) is 4.39. The van der Waals surface area contributed by atoms with Crippen molar-refractivity contribution in [3.63, 3.8) is 0 Å². The van der Waals surface area contributed by atoms with Crippen LogP contribution < -0.4 is 0 Å². The lowest BCUT2D eigenvalue weighted by atomic mass is 10.3. The standard InChI is InChI=1S/C7H12N2S/c10-7-2-1-5-9-6-3-4-8-9/h3-4,6,10H,1-2,5,7H2. The van der Waals surface area contributed by atoms with Crippen LogP contribution in [-0.2, 0) is 6.54 Å². The van der Waals surface area contributed by atoms with Crippen molar-refractivity contribution in [2.45, 2.75) is 19.4 Å². The van der Waals surface area contributed by atoms with Crippen molar-refractivity contribution in [1.29, 1.82) is 0 Å². The predicted octanol–water partition coefficient (Wildman–Crippen LogP) is 1.59. The van der Waals surface area contributed by atoms with Gasteiger partial charge in [0.15, 0.2) is 0 Å². The summed E-state index contributed by atoms with van der Waals surface area (Å²) >= 11 is 4.12. The van der Waals surface area contributed by atoms with E-state index in [0.29, 0.717) is 0 Å². The fraction of sp³-hybridized carbons (Fsp3) is 0.571. The molecule has 2 nitrogen and oxygen atoms in total. The molecule has 3 heteroatoms. The van der Waals surface area contributed by atoms with E-state index in [1.807, 2.05) is 16.9 Å². The van der Waals surface area contributed by atoms with Crippen LogP contribution in [0.15, 0.2) is 18.5 Å². The molecule has 0 fully saturated rings. The Kier molecular flexibility index (Phi) is 3.36. The summed E-state index contributed by atoms with van der Waals surface area (Å²) in [4.78, 5) is 0. The fourth-order valence-electron chi connectivity index (χ4n) is 0.818. The molecule has 0 aliphatic carbocycles. The van der Waals surface area contributed by atoms with E-state index in [4.69, 9.17) is 0 Å². The number of hydrogen-bond donors (Lipinski definition) is 1. The first-order valence-corrected chi connectivity index (χ1v) is 4.15. The first-order valence-electron chi connectivity index (χ1n) is 3.52. The number of thiol groups is 1. The number of nitrogens with zero attached hydrogens (tertiary/aromatic N) is 2. The summed E-state index contributed by atoms with van der Waals surface area (Å²) in [5.41, 5.74) is 0. The molecule has 1 aromatic rings. The molecule has 0 atom stereocenters. The smallest absolute Gasteiger partial charge is 0.0489 e. The summed E-state index contributed by atoms with van der Waals surface area (Å²) in [5, 5.41) is 4.08. The first kappa shape index (κ1) is 7.66. The molecule has 0 aliphatic rings. The zero-order chi connectivity index (χ0) is 7.23. The Labute approximate surface area is 66.7 Å². The van der Waals surface area contributed by atoms with Crippen molar-refractivity contribution in [3.8, 4) is 0 Å². The lowest BCUT2D eigenvalue weighted by Crippen LogP contribution is -1.97. The van der Waals surface area contributed by atoms with E-state index in [2.05, 4.69) is 17.7 Å². The van der Waals surface area contributed by atoms with Gasteiger partial charge in [-0.2, -0.15) is 17.7 Å². The highest BCUT2D eigenvalue weighted by molar-refractivity contribution is 7.80. The second-order valence-corrected chi connectivity index (χ2v) is 2.65. The molecule has 0 amide bonds. The number of hydrogen-bond acceptors (Lipinski definition) is 2. The Bertz CT molecular complexity index is 160. The van der Waals surface area contributed by atoms with Crippen LogP contribution in [-0.4, -0.2) is 15.5 Å². The number of aromatic nitrogens is 2. The molecule has 1 aromatic heterocycles. The van der Waals surface area contributed by atoms with Crippen LogP contribution in [0.2, 0.25) is 0 Å². The molecule has 0 aliphatic heterocycles. The van der Waals surface area contributed by atoms with Gasteiger partial charge in [0.1, 0.15) is 0 Å². The molecule has 0 saturated heterocycles. The third kappa shape index (κ3) is 2.43. The topological polar surface area (TPSA) is 17.8 Å². The molecule has 1 rings (SSSR count). The largest absolute Gasteiger partial charge is 0.273 e. The first-order chi connectivity index (χ1) is 4.93. The van der Waals surface area contributed by atoms with Gasteiger partial charge in [0.25, 0.3) is 0 Å². The van der Waals surface area contributed by atoms with Crippen molar-refractivity contribution < 1.29 is 0 Å². The third-order valence-electron chi connectivity index (χ3n) is 1.35. The fourth-order valence-corrected chi connectivity index (χ4v) is 1.04. The second-order valence-electron chi connectivity index (χ2n) is 2.20. The van der Waals surface area contributed by atoms with Crippen molar-refractivity contribution in [2.75, 3.05) is 5.75 Å². The summed E-state index contributed by atoms with van der Waals surface area (Å²) in [6.07, 6.45) is 6.13. The van der Waals surface area contributed by atoms with Crippen LogP contribution in [0.1, 0.15) is 12.8 Å². The van der Waals surface area contributed by atoms with Crippen molar-refractivity contribution in [3.05, 3.63) is 18.5 Å². The maximum absolute atomic E-state index is 4.12. The molecule has 1 heterocycles. The summed E-state index contributed by atoms with van der Waals surface area (Å²) in [7, 11) is 0. The Morgan fingerprint density at radius 2 is 2.30 bits per heavy atom. The van der Waals surface area contributed by atoms with Gasteiger partial charge in [-0.3, -0.25) is 4.68 Å². The van der Waals surface area contributed by atoms with Crippen LogP contribution in [0, 0.1) is 0 Å². The SMILES string of the molecule is SCCCCn1cccn1. The molecule has 10 heavy (non-hydrogen) atoms. The zero-order valence-electron chi connectivity index (χ0n) is 5.90. The minimum Gasteiger partial charge on any atom is -0.273 e. The molecule has 0 unspecified atom stereocenters. The van der Waals surface area contributed by atoms with Crippen LogP contribution in [0.25, 0.3) is 0 Å². The highest BCUT2D eigenvalue weighted by atomic mass is 32.1. The highest BCUT2D eigenvalue weighted by Gasteiger charge is 1.88. The van der Waals surface area contributed by atoms with Gasteiger partial charge in [-0.05, 0) is 24.7 Å². The molecule has 0 bridgehead atoms. The lowest BCUT2D eigenvalue weighted by Gasteiger charge is -1.97. The van der Waals surface area contributed by atoms with Gasteiger partial charge in [-0.25, -0.2) is 0 Å². The molecule has 0 spiro atoms. The number of unbranched alkanes of at least 4 members (excludes halogenated alkanes) is 1. The summed E-state index contributed by atoms with van der Waals surface area (Å²) in [6.45, 7) is 1.02. The summed E-state index contributed by atoms with van der Waals surface area (Å²) in [6, 6.07) is 1.95. The molecule has 56 valence electrons. The van der Waals surface area contributed by atoms with Crippen molar-refractivity contribution >= 4 is 12.6 Å². The molecule has 0 N–H and O–H groups in total. The van der Waals surface area contributed by atoms with E-state index in [9.17, 15) is 0 Å². The van der Waals surface area contributed by atoms with Gasteiger partial charge in [-0.15, -0.1) is 0 Å². The molecule has 0 saturated carbocycles. The van der Waals surface area contributed by atoms with Crippen molar-refractivity contribution in [1.82, 2.24) is 9.78 Å². The zero-order valence-corrected chi connectivity index (χ0v) is 6.80. The van der Waals surface area contributed by atoms with Gasteiger partial charge in [0, 0.05) is 18.9 Å². The Balaban J connectivity index is 2.15. The molecular formula is C7H12N2S. The minimum atomic E-state index is 0.973. The van der Waals surface area contributed by atoms with Crippen LogP contribution in [0.5, 0.6) is 0 Å². The Hall–Kier alpha value is -0.440. The van der Waals surface area contributed by atoms with Crippen LogP contribution in [0.3, 0.4) is 0 Å². The van der Waals surface area contributed by atoms with Gasteiger partial charge in [0.2, 0.25) is 0 Å². The summed E-state index contributed by atoms with van der Waals surface area (Å²) in [5.74, 6) is 0.973. The quantitative estimate of drug-likeness (QED) is 0.518. The maximum Gasteiger partial charge on any atom is 0.0489 e. The normalized spacial score (nSPS) is 10.1. The summed E-state index contributed by atoms with van der Waals surface area (Å²) < 4.78 is 1.95. The van der Waals surface area contributed by atoms with E-state index < -0.39 is 0 Å².